The van der Waals surface area contributed by atoms with Crippen LogP contribution in [-0.4, -0.2) is 22.8 Å². The van der Waals surface area contributed by atoms with Gasteiger partial charge in [0.15, 0.2) is 0 Å². The summed E-state index contributed by atoms with van der Waals surface area (Å²) in [5.41, 5.74) is 6.41. The first kappa shape index (κ1) is 15.0. The fraction of sp³-hybridized carbons (Fsp3) is 0. The molecular formula is C15H13N3O4. The highest BCUT2D eigenvalue weighted by atomic mass is 16.3. The number of carbonyl (C=O) groups is 3. The van der Waals surface area contributed by atoms with Gasteiger partial charge in [0.25, 0.3) is 5.91 Å². The van der Waals surface area contributed by atoms with E-state index in [4.69, 9.17) is 5.73 Å². The van der Waals surface area contributed by atoms with Crippen molar-refractivity contribution in [1.29, 1.82) is 0 Å². The molecule has 2 rings (SSSR count). The van der Waals surface area contributed by atoms with Crippen molar-refractivity contribution in [3.63, 3.8) is 0 Å². The molecular weight excluding hydrogens is 286 g/mol. The molecule has 7 nitrogen and oxygen atoms in total. The number of nitrogens with one attached hydrogen (secondary N) is 2. The zero-order valence-electron chi connectivity index (χ0n) is 11.4. The van der Waals surface area contributed by atoms with Gasteiger partial charge in [-0.05, 0) is 36.4 Å². The average Bonchev–Trinajstić information content (AvgIpc) is 2.47. The molecule has 3 amide bonds. The summed E-state index contributed by atoms with van der Waals surface area (Å²) in [5, 5.41) is 13.5. The normalized spacial score (nSPS) is 9.82. The van der Waals surface area contributed by atoms with Crippen molar-refractivity contribution in [2.45, 2.75) is 0 Å². The van der Waals surface area contributed by atoms with Crippen molar-refractivity contribution in [1.82, 2.24) is 5.32 Å². The molecule has 0 heterocycles. The molecule has 0 aliphatic carbocycles. The molecule has 0 fully saturated rings. The third-order valence-electron chi connectivity index (χ3n) is 2.71. The minimum Gasteiger partial charge on any atom is -0.508 e. The van der Waals surface area contributed by atoms with E-state index in [1.807, 2.05) is 5.32 Å². The molecule has 0 aromatic heterocycles. The molecule has 0 saturated carbocycles. The van der Waals surface area contributed by atoms with Crippen LogP contribution in [0.25, 0.3) is 0 Å². The van der Waals surface area contributed by atoms with E-state index in [0.717, 1.165) is 0 Å². The van der Waals surface area contributed by atoms with Crippen LogP contribution in [0.4, 0.5) is 11.4 Å². The molecule has 112 valence electrons. The zero-order chi connectivity index (χ0) is 16.1. The van der Waals surface area contributed by atoms with Crippen molar-refractivity contribution < 1.29 is 19.5 Å². The third-order valence-corrected chi connectivity index (χ3v) is 2.71. The van der Waals surface area contributed by atoms with Gasteiger partial charge in [0.2, 0.25) is 0 Å². The standard InChI is InChI=1S/C15H13N3O4/c16-10-6-4-9(5-7-10)13(20)18-15(22)14(21)17-11-2-1-3-12(19)8-11/h1-8,19H,16H2,(H,17,21)(H,18,20,22). The van der Waals surface area contributed by atoms with Crippen molar-refractivity contribution >= 4 is 29.1 Å². The minimum atomic E-state index is -1.11. The maximum Gasteiger partial charge on any atom is 0.316 e. The van der Waals surface area contributed by atoms with Crippen LogP contribution in [0.2, 0.25) is 0 Å². The van der Waals surface area contributed by atoms with Crippen molar-refractivity contribution in [2.75, 3.05) is 11.1 Å². The second-order valence-corrected chi connectivity index (χ2v) is 4.41. The largest absolute Gasteiger partial charge is 0.508 e. The predicted molar refractivity (Wildman–Crippen MR) is 80.1 cm³/mol. The van der Waals surface area contributed by atoms with Crippen LogP contribution in [0.3, 0.4) is 0 Å². The summed E-state index contributed by atoms with van der Waals surface area (Å²) >= 11 is 0. The third kappa shape index (κ3) is 3.83. The molecule has 7 heteroatoms. The molecule has 0 aliphatic heterocycles. The monoisotopic (exact) mass is 299 g/mol. The average molecular weight is 299 g/mol. The summed E-state index contributed by atoms with van der Waals surface area (Å²) in [6, 6.07) is 11.6. The molecule has 0 radical (unpaired) electrons. The number of hydrogen-bond donors (Lipinski definition) is 4. The molecule has 2 aromatic rings. The van der Waals surface area contributed by atoms with Crippen LogP contribution in [-0.2, 0) is 9.59 Å². The maximum absolute atomic E-state index is 11.8. The number of phenolic OH excluding ortho intramolecular Hbond substituents is 1. The van der Waals surface area contributed by atoms with Crippen molar-refractivity contribution in [2.24, 2.45) is 0 Å². The molecule has 2 aromatic carbocycles. The van der Waals surface area contributed by atoms with E-state index in [1.165, 1.54) is 48.5 Å². The second-order valence-electron chi connectivity index (χ2n) is 4.41. The van der Waals surface area contributed by atoms with Gasteiger partial charge in [0.1, 0.15) is 5.75 Å². The lowest BCUT2D eigenvalue weighted by atomic mass is 10.2. The number of nitrogen functional groups attached to an aromatic ring is 1. The number of nitrogens with two attached hydrogens (primary N) is 1. The smallest absolute Gasteiger partial charge is 0.316 e. The van der Waals surface area contributed by atoms with E-state index in [1.54, 1.807) is 0 Å². The lowest BCUT2D eigenvalue weighted by Gasteiger charge is -2.06. The molecule has 0 spiro atoms. The minimum absolute atomic E-state index is 0.0591. The Labute approximate surface area is 125 Å². The van der Waals surface area contributed by atoms with E-state index in [0.29, 0.717) is 5.69 Å². The molecule has 0 bridgehead atoms. The van der Waals surface area contributed by atoms with E-state index in [-0.39, 0.29) is 17.0 Å². The van der Waals surface area contributed by atoms with Crippen LogP contribution in [0.1, 0.15) is 10.4 Å². The molecule has 5 N–H and O–H groups in total. The number of imide groups is 1. The summed E-state index contributed by atoms with van der Waals surface area (Å²) in [5.74, 6) is -2.90. The van der Waals surface area contributed by atoms with Gasteiger partial charge in [-0.25, -0.2) is 0 Å². The highest BCUT2D eigenvalue weighted by molar-refractivity contribution is 6.42. The summed E-state index contributed by atoms with van der Waals surface area (Å²) in [4.78, 5) is 35.1. The van der Waals surface area contributed by atoms with Crippen LogP contribution in [0, 0.1) is 0 Å². The SMILES string of the molecule is Nc1ccc(C(=O)NC(=O)C(=O)Nc2cccc(O)c2)cc1. The Balaban J connectivity index is 1.98. The van der Waals surface area contributed by atoms with Crippen molar-refractivity contribution in [3.8, 4) is 5.75 Å². The highest BCUT2D eigenvalue weighted by Crippen LogP contribution is 2.15. The molecule has 22 heavy (non-hydrogen) atoms. The van der Waals surface area contributed by atoms with Gasteiger partial charge >= 0.3 is 11.8 Å². The maximum atomic E-state index is 11.8. The first-order chi connectivity index (χ1) is 10.5. The number of rotatable bonds is 2. The molecule has 0 saturated heterocycles. The lowest BCUT2D eigenvalue weighted by molar-refractivity contribution is -0.135. The number of carbonyl (C=O) groups excluding carboxylic acids is 3. The van der Waals surface area contributed by atoms with Gasteiger partial charge in [0.05, 0.1) is 0 Å². The van der Waals surface area contributed by atoms with E-state index in [9.17, 15) is 19.5 Å². The number of aromatic hydroxyl groups is 1. The van der Waals surface area contributed by atoms with Crippen LogP contribution < -0.4 is 16.4 Å². The summed E-state index contributed by atoms with van der Waals surface area (Å²) in [6.45, 7) is 0. The lowest BCUT2D eigenvalue weighted by Crippen LogP contribution is -2.39. The zero-order valence-corrected chi connectivity index (χ0v) is 11.4. The number of phenols is 1. The first-order valence-corrected chi connectivity index (χ1v) is 6.27. The fourth-order valence-corrected chi connectivity index (χ4v) is 1.64. The van der Waals surface area contributed by atoms with E-state index < -0.39 is 17.7 Å². The fourth-order valence-electron chi connectivity index (χ4n) is 1.64. The number of amides is 3. The Morgan fingerprint density at radius 3 is 2.27 bits per heavy atom. The number of benzene rings is 2. The van der Waals surface area contributed by atoms with Gasteiger partial charge in [-0.2, -0.15) is 0 Å². The molecule has 0 atom stereocenters. The van der Waals surface area contributed by atoms with Crippen LogP contribution in [0.5, 0.6) is 5.75 Å². The summed E-state index contributed by atoms with van der Waals surface area (Å²) < 4.78 is 0. The molecule has 0 aliphatic rings. The Morgan fingerprint density at radius 2 is 1.64 bits per heavy atom. The van der Waals surface area contributed by atoms with Gasteiger partial charge in [-0.15, -0.1) is 0 Å². The van der Waals surface area contributed by atoms with E-state index in [2.05, 4.69) is 5.32 Å². The van der Waals surface area contributed by atoms with Gasteiger partial charge < -0.3 is 16.2 Å². The highest BCUT2D eigenvalue weighted by Gasteiger charge is 2.18. The van der Waals surface area contributed by atoms with E-state index >= 15 is 0 Å². The quantitative estimate of drug-likeness (QED) is 0.484. The summed E-state index contributed by atoms with van der Waals surface area (Å²) in [7, 11) is 0. The van der Waals surface area contributed by atoms with Crippen molar-refractivity contribution in [3.05, 3.63) is 54.1 Å². The number of hydrogen-bond acceptors (Lipinski definition) is 5. The Kier molecular flexibility index (Phi) is 4.38. The van der Waals surface area contributed by atoms with Crippen LogP contribution in [0.15, 0.2) is 48.5 Å². The topological polar surface area (TPSA) is 122 Å². The van der Waals surface area contributed by atoms with Gasteiger partial charge in [-0.3, -0.25) is 19.7 Å². The Bertz CT molecular complexity index is 726. The first-order valence-electron chi connectivity index (χ1n) is 6.27. The number of anilines is 2. The predicted octanol–water partition coefficient (Wildman–Crippen LogP) is 0.869. The Morgan fingerprint density at radius 1 is 0.955 bits per heavy atom. The van der Waals surface area contributed by atoms with Crippen LogP contribution >= 0.6 is 0 Å². The van der Waals surface area contributed by atoms with Gasteiger partial charge in [0, 0.05) is 23.0 Å². The van der Waals surface area contributed by atoms with Gasteiger partial charge in [-0.1, -0.05) is 6.07 Å². The second kappa shape index (κ2) is 6.40. The molecule has 0 unspecified atom stereocenters. The summed E-state index contributed by atoms with van der Waals surface area (Å²) in [6.07, 6.45) is 0. The Hall–Kier alpha value is -3.35.